The molecule has 0 aliphatic carbocycles. The first-order chi connectivity index (χ1) is 13.4. The summed E-state index contributed by atoms with van der Waals surface area (Å²) >= 11 is 0. The largest absolute Gasteiger partial charge is 0.345 e. The van der Waals surface area contributed by atoms with Crippen LogP contribution in [0.3, 0.4) is 0 Å². The highest BCUT2D eigenvalue weighted by atomic mass is 16.2. The number of aryl methyl sites for hydroxylation is 1. The third-order valence-electron chi connectivity index (χ3n) is 6.62. The molecule has 0 spiro atoms. The molecule has 2 heterocycles. The van der Waals surface area contributed by atoms with E-state index in [-0.39, 0.29) is 23.8 Å². The highest BCUT2D eigenvalue weighted by molar-refractivity contribution is 5.85. The van der Waals surface area contributed by atoms with E-state index in [1.807, 2.05) is 35.9 Å². The van der Waals surface area contributed by atoms with Crippen LogP contribution >= 0.6 is 0 Å². The number of piperidine rings is 2. The van der Waals surface area contributed by atoms with Crippen molar-refractivity contribution in [3.05, 3.63) is 35.4 Å². The summed E-state index contributed by atoms with van der Waals surface area (Å²) in [4.78, 5) is 32.3. The Morgan fingerprint density at radius 2 is 1.86 bits per heavy atom. The molecule has 28 heavy (non-hydrogen) atoms. The van der Waals surface area contributed by atoms with Gasteiger partial charge in [-0.1, -0.05) is 24.3 Å². The summed E-state index contributed by atoms with van der Waals surface area (Å²) in [6, 6.07) is 8.03. The summed E-state index contributed by atoms with van der Waals surface area (Å²) in [5.74, 6) is 0.778. The van der Waals surface area contributed by atoms with E-state index in [0.717, 1.165) is 43.6 Å². The van der Waals surface area contributed by atoms with Crippen LogP contribution in [0, 0.1) is 18.8 Å². The lowest BCUT2D eigenvalue weighted by atomic mass is 9.81. The Hall–Kier alpha value is -1.88. The van der Waals surface area contributed by atoms with Crippen molar-refractivity contribution in [3.8, 4) is 0 Å². The van der Waals surface area contributed by atoms with Crippen molar-refractivity contribution in [2.45, 2.75) is 45.6 Å². The van der Waals surface area contributed by atoms with Crippen LogP contribution in [0.25, 0.3) is 0 Å². The Morgan fingerprint density at radius 3 is 2.50 bits per heavy atom. The van der Waals surface area contributed by atoms with Gasteiger partial charge in [0.15, 0.2) is 0 Å². The minimum atomic E-state index is -0.157. The van der Waals surface area contributed by atoms with E-state index in [4.69, 9.17) is 0 Å². The van der Waals surface area contributed by atoms with Gasteiger partial charge in [-0.2, -0.15) is 0 Å². The van der Waals surface area contributed by atoms with Gasteiger partial charge in [-0.05, 0) is 70.3 Å². The number of amides is 2. The van der Waals surface area contributed by atoms with E-state index in [0.29, 0.717) is 25.3 Å². The summed E-state index contributed by atoms with van der Waals surface area (Å²) in [5, 5.41) is 0. The molecule has 2 fully saturated rings. The lowest BCUT2D eigenvalue weighted by Gasteiger charge is -2.42. The molecule has 0 bridgehead atoms. The van der Waals surface area contributed by atoms with Crippen LogP contribution in [0.5, 0.6) is 0 Å². The number of carbonyl (C=O) groups is 2. The van der Waals surface area contributed by atoms with Gasteiger partial charge in [0.1, 0.15) is 0 Å². The van der Waals surface area contributed by atoms with Crippen LogP contribution in [0.4, 0.5) is 0 Å². The zero-order valence-electron chi connectivity index (χ0n) is 17.9. The van der Waals surface area contributed by atoms with E-state index in [1.54, 1.807) is 0 Å². The van der Waals surface area contributed by atoms with Gasteiger partial charge in [0, 0.05) is 26.6 Å². The number of likely N-dealkylation sites (tertiary alicyclic amines) is 2. The topological polar surface area (TPSA) is 43.9 Å². The van der Waals surface area contributed by atoms with Gasteiger partial charge in [-0.15, -0.1) is 0 Å². The van der Waals surface area contributed by atoms with Crippen LogP contribution in [0.2, 0.25) is 0 Å². The number of hydrogen-bond donors (Lipinski definition) is 0. The maximum Gasteiger partial charge on any atom is 0.227 e. The van der Waals surface area contributed by atoms with E-state index in [2.05, 4.69) is 31.0 Å². The molecular formula is C23H35N3O2. The minimum absolute atomic E-state index is 0.153. The Kier molecular flexibility index (Phi) is 6.76. The molecule has 2 saturated heterocycles. The molecule has 0 aromatic heterocycles. The number of hydrogen-bond acceptors (Lipinski definition) is 3. The molecule has 5 nitrogen and oxygen atoms in total. The number of benzene rings is 1. The fraction of sp³-hybridized carbons (Fsp3) is 0.652. The van der Waals surface area contributed by atoms with Crippen molar-refractivity contribution in [3.63, 3.8) is 0 Å². The summed E-state index contributed by atoms with van der Waals surface area (Å²) in [5.41, 5.74) is 2.26. The molecule has 154 valence electrons. The average Bonchev–Trinajstić information content (AvgIpc) is 2.69. The zero-order valence-corrected chi connectivity index (χ0v) is 17.9. The summed E-state index contributed by atoms with van der Waals surface area (Å²) in [6.45, 7) is 7.77. The second kappa shape index (κ2) is 9.08. The second-order valence-electron chi connectivity index (χ2n) is 8.59. The van der Waals surface area contributed by atoms with Gasteiger partial charge < -0.3 is 14.7 Å². The summed E-state index contributed by atoms with van der Waals surface area (Å²) in [7, 11) is 4.11. The molecular weight excluding hydrogens is 350 g/mol. The molecule has 0 saturated carbocycles. The summed E-state index contributed by atoms with van der Waals surface area (Å²) in [6.07, 6.45) is 3.42. The number of carbonyl (C=O) groups excluding carboxylic acids is 2. The lowest BCUT2D eigenvalue weighted by Crippen LogP contribution is -2.49. The van der Waals surface area contributed by atoms with E-state index < -0.39 is 0 Å². The fourth-order valence-electron chi connectivity index (χ4n) is 4.89. The van der Waals surface area contributed by atoms with Crippen molar-refractivity contribution < 1.29 is 9.59 Å². The molecule has 3 rings (SSSR count). The maximum atomic E-state index is 13.5. The Labute approximate surface area is 169 Å². The predicted octanol–water partition coefficient (Wildman–Crippen LogP) is 3.09. The van der Waals surface area contributed by atoms with Gasteiger partial charge in [0.25, 0.3) is 0 Å². The smallest absolute Gasteiger partial charge is 0.227 e. The van der Waals surface area contributed by atoms with Crippen LogP contribution in [-0.2, 0) is 9.59 Å². The molecule has 5 heteroatoms. The van der Waals surface area contributed by atoms with Crippen molar-refractivity contribution in [2.75, 3.05) is 40.3 Å². The summed E-state index contributed by atoms with van der Waals surface area (Å²) < 4.78 is 0. The van der Waals surface area contributed by atoms with Crippen molar-refractivity contribution in [1.82, 2.24) is 14.7 Å². The Bertz CT molecular complexity index is 697. The van der Waals surface area contributed by atoms with E-state index in [9.17, 15) is 9.59 Å². The average molecular weight is 386 g/mol. The first-order valence-corrected chi connectivity index (χ1v) is 10.7. The van der Waals surface area contributed by atoms with E-state index in [1.165, 1.54) is 0 Å². The first kappa shape index (κ1) is 20.8. The van der Waals surface area contributed by atoms with Gasteiger partial charge in [0.05, 0.1) is 12.0 Å². The highest BCUT2D eigenvalue weighted by Crippen LogP contribution is 2.39. The highest BCUT2D eigenvalue weighted by Gasteiger charge is 2.41. The monoisotopic (exact) mass is 385 g/mol. The Morgan fingerprint density at radius 1 is 1.18 bits per heavy atom. The Balaban J connectivity index is 1.80. The lowest BCUT2D eigenvalue weighted by molar-refractivity contribution is -0.147. The molecule has 1 aromatic carbocycles. The van der Waals surface area contributed by atoms with Gasteiger partial charge >= 0.3 is 0 Å². The van der Waals surface area contributed by atoms with Gasteiger partial charge in [0.2, 0.25) is 11.8 Å². The van der Waals surface area contributed by atoms with Crippen molar-refractivity contribution >= 4 is 11.8 Å². The standard InChI is InChI=1S/C23H35N3O2/c1-5-26-21(27)11-10-20(22(26)19-9-7-6-8-17(19)2)23(28)25(4)16-18-12-14-24(3)15-13-18/h6-9,18,20,22H,5,10-16H2,1-4H3/t20-,22+/m1/s1. The normalized spacial score (nSPS) is 24.4. The third-order valence-corrected chi connectivity index (χ3v) is 6.62. The van der Waals surface area contributed by atoms with Crippen LogP contribution in [-0.4, -0.2) is 66.8 Å². The molecule has 0 unspecified atom stereocenters. The number of rotatable bonds is 5. The predicted molar refractivity (Wildman–Crippen MR) is 112 cm³/mol. The van der Waals surface area contributed by atoms with Crippen LogP contribution in [0.15, 0.2) is 24.3 Å². The molecule has 2 amide bonds. The number of nitrogens with zero attached hydrogens (tertiary/aromatic N) is 3. The molecule has 0 radical (unpaired) electrons. The molecule has 0 N–H and O–H groups in total. The van der Waals surface area contributed by atoms with Crippen molar-refractivity contribution in [1.29, 1.82) is 0 Å². The molecule has 1 aromatic rings. The maximum absolute atomic E-state index is 13.5. The fourth-order valence-corrected chi connectivity index (χ4v) is 4.89. The zero-order chi connectivity index (χ0) is 20.3. The second-order valence-corrected chi connectivity index (χ2v) is 8.59. The van der Waals surface area contributed by atoms with Crippen LogP contribution < -0.4 is 0 Å². The molecule has 2 atom stereocenters. The SMILES string of the molecule is CCN1C(=O)CC[C@@H](C(=O)N(C)CC2CCN(C)CC2)[C@@H]1c1ccccc1C. The van der Waals surface area contributed by atoms with Gasteiger partial charge in [-0.3, -0.25) is 9.59 Å². The van der Waals surface area contributed by atoms with Gasteiger partial charge in [-0.25, -0.2) is 0 Å². The molecule has 2 aliphatic heterocycles. The first-order valence-electron chi connectivity index (χ1n) is 10.7. The minimum Gasteiger partial charge on any atom is -0.345 e. The van der Waals surface area contributed by atoms with Crippen LogP contribution in [0.1, 0.15) is 49.8 Å². The third kappa shape index (κ3) is 4.40. The quantitative estimate of drug-likeness (QED) is 0.782. The molecule has 2 aliphatic rings. The van der Waals surface area contributed by atoms with Crippen molar-refractivity contribution in [2.24, 2.45) is 11.8 Å². The van der Waals surface area contributed by atoms with E-state index >= 15 is 0 Å².